The molecule has 1 saturated heterocycles. The van der Waals surface area contributed by atoms with Crippen molar-refractivity contribution >= 4 is 6.21 Å². The summed E-state index contributed by atoms with van der Waals surface area (Å²) in [6.45, 7) is 4.52. The second-order valence-corrected chi connectivity index (χ2v) is 5.50. The van der Waals surface area contributed by atoms with Gasteiger partial charge in [-0.3, -0.25) is 5.01 Å². The maximum Gasteiger partial charge on any atom is 0.148 e. The van der Waals surface area contributed by atoms with Crippen molar-refractivity contribution in [3.8, 4) is 0 Å². The van der Waals surface area contributed by atoms with Crippen LogP contribution in [0, 0.1) is 0 Å². The van der Waals surface area contributed by atoms with Gasteiger partial charge in [-0.15, -0.1) is 0 Å². The van der Waals surface area contributed by atoms with Gasteiger partial charge >= 0.3 is 0 Å². The van der Waals surface area contributed by atoms with Gasteiger partial charge in [0.15, 0.2) is 0 Å². The fourth-order valence-corrected chi connectivity index (χ4v) is 2.45. The molecule has 1 aliphatic heterocycles. The number of hydrogen-bond donors (Lipinski definition) is 0. The van der Waals surface area contributed by atoms with Crippen LogP contribution in [0.1, 0.15) is 25.3 Å². The molecule has 0 spiro atoms. The van der Waals surface area contributed by atoms with Gasteiger partial charge in [0.05, 0.1) is 31.6 Å². The van der Waals surface area contributed by atoms with Crippen LogP contribution in [0.4, 0.5) is 0 Å². The monoisotopic (exact) mass is 306 g/mol. The van der Waals surface area contributed by atoms with Crippen molar-refractivity contribution in [2.75, 3.05) is 27.1 Å². The van der Waals surface area contributed by atoms with E-state index in [4.69, 9.17) is 14.2 Å². The van der Waals surface area contributed by atoms with E-state index in [2.05, 4.69) is 10.1 Å². The van der Waals surface area contributed by atoms with Gasteiger partial charge in [0.1, 0.15) is 6.79 Å². The molecule has 5 heteroatoms. The van der Waals surface area contributed by atoms with Crippen molar-refractivity contribution in [2.45, 2.75) is 38.5 Å². The van der Waals surface area contributed by atoms with Crippen LogP contribution in [0.15, 0.2) is 35.4 Å². The minimum absolute atomic E-state index is 0.0698. The molecule has 0 unspecified atom stereocenters. The van der Waals surface area contributed by atoms with Gasteiger partial charge in [-0.05, 0) is 25.3 Å². The van der Waals surface area contributed by atoms with Gasteiger partial charge in [0.25, 0.3) is 0 Å². The Kier molecular flexibility index (Phi) is 7.36. The molecule has 5 nitrogen and oxygen atoms in total. The molecule has 0 aromatic heterocycles. The van der Waals surface area contributed by atoms with Crippen molar-refractivity contribution in [3.63, 3.8) is 0 Å². The average molecular weight is 306 g/mol. The highest BCUT2D eigenvalue weighted by atomic mass is 16.7. The molecule has 0 radical (unpaired) electrons. The lowest BCUT2D eigenvalue weighted by atomic mass is 10.2. The summed E-state index contributed by atoms with van der Waals surface area (Å²) in [5.41, 5.74) is 1.15. The van der Waals surface area contributed by atoms with Crippen LogP contribution in [-0.4, -0.2) is 50.4 Å². The largest absolute Gasteiger partial charge is 0.382 e. The molecular weight excluding hydrogens is 280 g/mol. The van der Waals surface area contributed by atoms with Crippen molar-refractivity contribution in [3.05, 3.63) is 35.9 Å². The molecule has 1 aliphatic rings. The van der Waals surface area contributed by atoms with Crippen LogP contribution in [-0.2, 0) is 20.8 Å². The molecule has 1 aromatic carbocycles. The van der Waals surface area contributed by atoms with Gasteiger partial charge in [0, 0.05) is 13.7 Å². The van der Waals surface area contributed by atoms with Crippen molar-refractivity contribution in [1.29, 1.82) is 0 Å². The minimum Gasteiger partial charge on any atom is -0.382 e. The summed E-state index contributed by atoms with van der Waals surface area (Å²) in [6.07, 6.45) is 4.07. The molecule has 0 N–H and O–H groups in total. The fourth-order valence-electron chi connectivity index (χ4n) is 2.45. The van der Waals surface area contributed by atoms with E-state index in [0.29, 0.717) is 12.6 Å². The van der Waals surface area contributed by atoms with Crippen LogP contribution in [0.5, 0.6) is 0 Å². The lowest BCUT2D eigenvalue weighted by Crippen LogP contribution is -2.29. The average Bonchev–Trinajstić information content (AvgIpc) is 2.98. The van der Waals surface area contributed by atoms with Crippen molar-refractivity contribution in [1.82, 2.24) is 5.01 Å². The second kappa shape index (κ2) is 9.56. The summed E-state index contributed by atoms with van der Waals surface area (Å²) in [4.78, 5) is 0. The zero-order valence-electron chi connectivity index (χ0n) is 13.5. The predicted octanol–water partition coefficient (Wildman–Crippen LogP) is 2.66. The summed E-state index contributed by atoms with van der Waals surface area (Å²) >= 11 is 0. The molecule has 0 amide bonds. The van der Waals surface area contributed by atoms with Crippen LogP contribution < -0.4 is 0 Å². The van der Waals surface area contributed by atoms with E-state index in [1.807, 2.05) is 43.5 Å². The van der Waals surface area contributed by atoms with E-state index >= 15 is 0 Å². The third-order valence-corrected chi connectivity index (χ3v) is 3.66. The Morgan fingerprint density at radius 2 is 2.18 bits per heavy atom. The molecule has 22 heavy (non-hydrogen) atoms. The standard InChI is InChI=1S/C17H26N2O3/c1-15(11-18-19-10-6-9-17(19)13-20-2)22-14-21-12-16-7-4-3-5-8-16/h3-5,7-8,11,15,17H,6,9-10,12-14H2,1-2H3/b18-11+/t15-,17-/m0/s1. The van der Waals surface area contributed by atoms with E-state index in [0.717, 1.165) is 25.1 Å². The third-order valence-electron chi connectivity index (χ3n) is 3.66. The Hall–Kier alpha value is -1.43. The summed E-state index contributed by atoms with van der Waals surface area (Å²) in [5.74, 6) is 0. The zero-order valence-corrected chi connectivity index (χ0v) is 13.5. The second-order valence-electron chi connectivity index (χ2n) is 5.50. The molecule has 0 saturated carbocycles. The molecule has 0 bridgehead atoms. The highest BCUT2D eigenvalue weighted by molar-refractivity contribution is 5.62. The summed E-state index contributed by atoms with van der Waals surface area (Å²) in [5, 5.41) is 6.60. The van der Waals surface area contributed by atoms with Crippen LogP contribution in [0.3, 0.4) is 0 Å². The third kappa shape index (κ3) is 5.75. The Labute approximate surface area is 132 Å². The van der Waals surface area contributed by atoms with Gasteiger partial charge < -0.3 is 14.2 Å². The number of ether oxygens (including phenoxy) is 3. The molecule has 2 atom stereocenters. The number of nitrogens with zero attached hydrogens (tertiary/aromatic N) is 2. The number of benzene rings is 1. The van der Waals surface area contributed by atoms with Gasteiger partial charge in [-0.25, -0.2) is 0 Å². The first-order valence-electron chi connectivity index (χ1n) is 7.82. The number of methoxy groups -OCH3 is 1. The van der Waals surface area contributed by atoms with Crippen LogP contribution >= 0.6 is 0 Å². The van der Waals surface area contributed by atoms with E-state index in [1.165, 1.54) is 6.42 Å². The van der Waals surface area contributed by atoms with Crippen molar-refractivity contribution in [2.24, 2.45) is 5.10 Å². The highest BCUT2D eigenvalue weighted by Gasteiger charge is 2.22. The maximum absolute atomic E-state index is 5.59. The number of rotatable bonds is 9. The SMILES string of the molecule is COC[C@@H]1CCCN1/N=C/[C@H](C)OCOCc1ccccc1. The summed E-state index contributed by atoms with van der Waals surface area (Å²) in [6, 6.07) is 10.5. The molecule has 1 heterocycles. The molecule has 2 rings (SSSR count). The van der Waals surface area contributed by atoms with Crippen molar-refractivity contribution < 1.29 is 14.2 Å². The topological polar surface area (TPSA) is 43.3 Å². The fraction of sp³-hybridized carbons (Fsp3) is 0.588. The van der Waals surface area contributed by atoms with E-state index in [9.17, 15) is 0 Å². The van der Waals surface area contributed by atoms with Crippen LogP contribution in [0.25, 0.3) is 0 Å². The maximum atomic E-state index is 5.59. The van der Waals surface area contributed by atoms with Crippen LogP contribution in [0.2, 0.25) is 0 Å². The molecular formula is C17H26N2O3. The zero-order chi connectivity index (χ0) is 15.6. The first kappa shape index (κ1) is 16.9. The summed E-state index contributed by atoms with van der Waals surface area (Å²) in [7, 11) is 1.73. The first-order chi connectivity index (χ1) is 10.8. The normalized spacial score (nSPS) is 19.9. The molecule has 0 aliphatic carbocycles. The molecule has 1 fully saturated rings. The quantitative estimate of drug-likeness (QED) is 0.400. The Morgan fingerprint density at radius 3 is 2.95 bits per heavy atom. The Balaban J connectivity index is 1.63. The first-order valence-corrected chi connectivity index (χ1v) is 7.82. The Bertz CT molecular complexity index is 439. The number of hydrazone groups is 1. The minimum atomic E-state index is -0.0698. The smallest absolute Gasteiger partial charge is 0.148 e. The van der Waals surface area contributed by atoms with E-state index < -0.39 is 0 Å². The molecule has 122 valence electrons. The lowest BCUT2D eigenvalue weighted by molar-refractivity contribution is -0.0716. The predicted molar refractivity (Wildman–Crippen MR) is 86.7 cm³/mol. The van der Waals surface area contributed by atoms with Gasteiger partial charge in [0.2, 0.25) is 0 Å². The van der Waals surface area contributed by atoms with Gasteiger partial charge in [-0.2, -0.15) is 5.10 Å². The molecule has 1 aromatic rings. The van der Waals surface area contributed by atoms with E-state index in [1.54, 1.807) is 7.11 Å². The van der Waals surface area contributed by atoms with E-state index in [-0.39, 0.29) is 12.9 Å². The number of hydrogen-bond acceptors (Lipinski definition) is 5. The van der Waals surface area contributed by atoms with Gasteiger partial charge in [-0.1, -0.05) is 30.3 Å². The summed E-state index contributed by atoms with van der Waals surface area (Å²) < 4.78 is 16.3. The lowest BCUT2D eigenvalue weighted by Gasteiger charge is -2.21. The Morgan fingerprint density at radius 1 is 1.36 bits per heavy atom. The highest BCUT2D eigenvalue weighted by Crippen LogP contribution is 2.17.